The molecular formula is C28H51N5O6. The van der Waals surface area contributed by atoms with Crippen molar-refractivity contribution in [2.45, 2.75) is 129 Å². The largest absolute Gasteiger partial charge is 0.480 e. The minimum atomic E-state index is -1.03. The minimum absolute atomic E-state index is 0.192. The number of ketones is 1. The fourth-order valence-corrected chi connectivity index (χ4v) is 4.27. The maximum atomic E-state index is 12.0. The summed E-state index contributed by atoms with van der Waals surface area (Å²) in [5, 5.41) is 25.6. The lowest BCUT2D eigenvalue weighted by Crippen LogP contribution is -2.42. The summed E-state index contributed by atoms with van der Waals surface area (Å²) in [7, 11) is 0. The molecular weight excluding hydrogens is 502 g/mol. The number of hydrogen-bond donors (Lipinski definition) is 3. The number of aromatic amines is 1. The molecule has 0 fully saturated rings. The molecule has 1 aromatic rings. The van der Waals surface area contributed by atoms with Gasteiger partial charge in [0.2, 0.25) is 5.91 Å². The van der Waals surface area contributed by atoms with Gasteiger partial charge < -0.3 is 19.9 Å². The first-order valence-electron chi connectivity index (χ1n) is 14.9. The molecule has 0 saturated heterocycles. The minimum Gasteiger partial charge on any atom is -0.480 e. The average molecular weight is 554 g/mol. The van der Waals surface area contributed by atoms with Gasteiger partial charge in [-0.05, 0) is 25.7 Å². The van der Waals surface area contributed by atoms with Crippen molar-refractivity contribution in [1.82, 2.24) is 25.9 Å². The lowest BCUT2D eigenvalue weighted by Gasteiger charge is -2.14. The van der Waals surface area contributed by atoms with Crippen LogP contribution >= 0.6 is 0 Å². The molecule has 3 N–H and O–H groups in total. The third-order valence-corrected chi connectivity index (χ3v) is 6.57. The van der Waals surface area contributed by atoms with Crippen molar-refractivity contribution < 1.29 is 29.0 Å². The maximum absolute atomic E-state index is 12.0. The van der Waals surface area contributed by atoms with Gasteiger partial charge in [0.25, 0.3) is 0 Å². The van der Waals surface area contributed by atoms with E-state index in [9.17, 15) is 14.4 Å². The zero-order chi connectivity index (χ0) is 28.4. The Morgan fingerprint density at radius 2 is 1.44 bits per heavy atom. The molecule has 39 heavy (non-hydrogen) atoms. The van der Waals surface area contributed by atoms with E-state index in [-0.39, 0.29) is 13.2 Å². The molecule has 0 spiro atoms. The Morgan fingerprint density at radius 3 is 2.05 bits per heavy atom. The summed E-state index contributed by atoms with van der Waals surface area (Å²) in [5.41, 5.74) is 0. The molecule has 0 aliphatic rings. The third-order valence-electron chi connectivity index (χ3n) is 6.57. The number of hydrogen-bond acceptors (Lipinski definition) is 8. The van der Waals surface area contributed by atoms with E-state index >= 15 is 0 Å². The predicted octanol–water partition coefficient (Wildman–Crippen LogP) is 4.57. The zero-order valence-corrected chi connectivity index (χ0v) is 24.0. The number of H-pyrrole nitrogens is 1. The number of carbonyl (C=O) groups is 3. The highest BCUT2D eigenvalue weighted by atomic mass is 16.5. The van der Waals surface area contributed by atoms with Crippen molar-refractivity contribution in [1.29, 1.82) is 0 Å². The number of rotatable bonds is 28. The van der Waals surface area contributed by atoms with Gasteiger partial charge in [0, 0.05) is 25.9 Å². The monoisotopic (exact) mass is 553 g/mol. The van der Waals surface area contributed by atoms with E-state index in [0.717, 1.165) is 44.3 Å². The van der Waals surface area contributed by atoms with E-state index in [1.54, 1.807) is 0 Å². The summed E-state index contributed by atoms with van der Waals surface area (Å²) in [6.45, 7) is 2.84. The van der Waals surface area contributed by atoms with Crippen LogP contribution < -0.4 is 5.32 Å². The molecule has 0 saturated carbocycles. The molecule has 1 amide bonds. The van der Waals surface area contributed by atoms with Crippen LogP contribution in [0.15, 0.2) is 0 Å². The molecule has 0 aliphatic heterocycles. The van der Waals surface area contributed by atoms with Gasteiger partial charge in [-0.1, -0.05) is 82.8 Å². The van der Waals surface area contributed by atoms with Crippen LogP contribution in [0.2, 0.25) is 0 Å². The van der Waals surface area contributed by atoms with Crippen LogP contribution in [0.3, 0.4) is 0 Å². The molecule has 1 rings (SSSR count). The molecule has 1 heterocycles. The van der Waals surface area contributed by atoms with Gasteiger partial charge in [0.05, 0.1) is 13.2 Å². The van der Waals surface area contributed by atoms with Crippen molar-refractivity contribution in [3.63, 3.8) is 0 Å². The van der Waals surface area contributed by atoms with Crippen molar-refractivity contribution >= 4 is 17.7 Å². The average Bonchev–Trinajstić information content (AvgIpc) is 3.44. The Balaban J connectivity index is 1.80. The Labute approximate surface area is 233 Å². The van der Waals surface area contributed by atoms with E-state index in [2.05, 4.69) is 25.9 Å². The van der Waals surface area contributed by atoms with Gasteiger partial charge in [-0.3, -0.25) is 9.59 Å². The molecule has 0 bridgehead atoms. The first kappa shape index (κ1) is 34.6. The lowest BCUT2D eigenvalue weighted by atomic mass is 10.0. The third kappa shape index (κ3) is 21.1. The number of carboxylic acids is 1. The molecule has 11 nitrogen and oxygen atoms in total. The second-order valence-electron chi connectivity index (χ2n) is 10.1. The summed E-state index contributed by atoms with van der Waals surface area (Å²) in [6.07, 6.45) is 18.1. The Bertz CT molecular complexity index is 747. The maximum Gasteiger partial charge on any atom is 0.326 e. The summed E-state index contributed by atoms with van der Waals surface area (Å²) < 4.78 is 10.7. The fourth-order valence-electron chi connectivity index (χ4n) is 4.27. The van der Waals surface area contributed by atoms with Gasteiger partial charge in [-0.25, -0.2) is 4.79 Å². The number of aromatic nitrogens is 4. The first-order chi connectivity index (χ1) is 19.0. The highest BCUT2D eigenvalue weighted by Gasteiger charge is 2.18. The molecule has 0 aliphatic carbocycles. The van der Waals surface area contributed by atoms with E-state index in [1.807, 2.05) is 6.92 Å². The van der Waals surface area contributed by atoms with Gasteiger partial charge >= 0.3 is 5.97 Å². The lowest BCUT2D eigenvalue weighted by molar-refractivity contribution is -0.142. The van der Waals surface area contributed by atoms with Crippen molar-refractivity contribution in [3.8, 4) is 0 Å². The Morgan fingerprint density at radius 1 is 0.821 bits per heavy atom. The molecule has 0 aromatic carbocycles. The van der Waals surface area contributed by atoms with E-state index in [1.165, 1.54) is 51.4 Å². The van der Waals surface area contributed by atoms with Crippen LogP contribution in [0.25, 0.3) is 0 Å². The summed E-state index contributed by atoms with van der Waals surface area (Å²) >= 11 is 0. The summed E-state index contributed by atoms with van der Waals surface area (Å²) in [6, 6.07) is -0.874. The zero-order valence-electron chi connectivity index (χ0n) is 24.0. The van der Waals surface area contributed by atoms with E-state index in [4.69, 9.17) is 14.6 Å². The van der Waals surface area contributed by atoms with E-state index < -0.39 is 17.9 Å². The van der Waals surface area contributed by atoms with Crippen LogP contribution in [0.1, 0.15) is 122 Å². The number of amides is 1. The van der Waals surface area contributed by atoms with Gasteiger partial charge in [-0.15, -0.1) is 10.2 Å². The second-order valence-corrected chi connectivity index (χ2v) is 10.1. The predicted molar refractivity (Wildman–Crippen MR) is 148 cm³/mol. The van der Waals surface area contributed by atoms with Gasteiger partial charge in [0.1, 0.15) is 18.4 Å². The first-order valence-corrected chi connectivity index (χ1v) is 14.9. The van der Waals surface area contributed by atoms with Crippen LogP contribution in [0, 0.1) is 0 Å². The fraction of sp³-hybridized carbons (Fsp3) is 0.857. The number of tetrazole rings is 1. The molecule has 1 unspecified atom stereocenters. The van der Waals surface area contributed by atoms with Crippen molar-refractivity contribution in [2.75, 3.05) is 26.4 Å². The van der Waals surface area contributed by atoms with Gasteiger partial charge in [0.15, 0.2) is 5.82 Å². The number of ether oxygens (including phenoxy) is 2. The Kier molecular flexibility index (Phi) is 21.9. The number of carbonyl (C=O) groups excluding carboxylic acids is 2. The van der Waals surface area contributed by atoms with Crippen LogP contribution in [0.5, 0.6) is 0 Å². The van der Waals surface area contributed by atoms with Gasteiger partial charge in [-0.2, -0.15) is 5.21 Å². The number of aryl methyl sites for hydroxylation is 1. The standard InChI is InChI=1S/C28H51N5O6/c1-2-3-18-25(28(36)37)29-27(35)23-39-22-21-38-20-15-17-24(34)16-13-11-9-7-5-4-6-8-10-12-14-19-26-30-32-33-31-26/h25H,2-23H2,1H3,(H,29,35)(H,36,37)(H,30,31,32,33). The van der Waals surface area contributed by atoms with Crippen LogP contribution in [-0.2, 0) is 30.3 Å². The highest BCUT2D eigenvalue weighted by molar-refractivity contribution is 5.84. The van der Waals surface area contributed by atoms with Crippen molar-refractivity contribution in [3.05, 3.63) is 5.82 Å². The number of nitrogens with zero attached hydrogens (tertiary/aromatic N) is 3. The summed E-state index contributed by atoms with van der Waals surface area (Å²) in [5.74, 6) is -0.370. The summed E-state index contributed by atoms with van der Waals surface area (Å²) in [4.78, 5) is 35.0. The number of carboxylic acid groups (broad SMARTS) is 1. The van der Waals surface area contributed by atoms with Crippen molar-refractivity contribution in [2.24, 2.45) is 0 Å². The SMILES string of the molecule is CCCCC(NC(=O)COCCOCCCC(=O)CCCCCCCCCCCCCc1nn[nH]n1)C(=O)O. The van der Waals surface area contributed by atoms with Crippen LogP contribution in [0.4, 0.5) is 0 Å². The number of Topliss-reactive ketones (excluding diaryl/α,β-unsaturated/α-hetero) is 1. The normalized spacial score (nSPS) is 11.9. The number of aliphatic carboxylic acids is 1. The number of unbranched alkanes of at least 4 members (excludes halogenated alkanes) is 11. The quantitative estimate of drug-likeness (QED) is 0.126. The molecule has 11 heteroatoms. The molecule has 1 aromatic heterocycles. The number of nitrogens with one attached hydrogen (secondary N) is 2. The Hall–Kier alpha value is -2.40. The van der Waals surface area contributed by atoms with E-state index in [0.29, 0.717) is 44.7 Å². The van der Waals surface area contributed by atoms with Crippen LogP contribution in [-0.4, -0.2) is 75.9 Å². The molecule has 1 atom stereocenters. The second kappa shape index (κ2) is 24.6. The molecule has 224 valence electrons. The topological polar surface area (TPSA) is 156 Å². The molecule has 0 radical (unpaired) electrons. The smallest absolute Gasteiger partial charge is 0.326 e. The highest BCUT2D eigenvalue weighted by Crippen LogP contribution is 2.13.